The lowest BCUT2D eigenvalue weighted by molar-refractivity contribution is -0.145. The van der Waals surface area contributed by atoms with Gasteiger partial charge < -0.3 is 37.9 Å². The molecule has 0 atom stereocenters. The average molecular weight is 1130 g/mol. The first-order chi connectivity index (χ1) is 39.5. The number of aromatic nitrogens is 1. The number of esters is 6. The topological polar surface area (TPSA) is 205 Å². The molecule has 0 saturated heterocycles. The molecule has 0 aliphatic heterocycles. The highest BCUT2D eigenvalue weighted by atomic mass is 32.1. The highest BCUT2D eigenvalue weighted by molar-refractivity contribution is 7.22. The Morgan fingerprint density at radius 2 is 0.963 bits per heavy atom. The number of carbonyl (C=O) groups is 6. The molecule has 0 bridgehead atoms. The number of anilines is 1. The van der Waals surface area contributed by atoms with Crippen LogP contribution in [0.5, 0.6) is 34.5 Å². The molecule has 17 nitrogen and oxygen atoms in total. The zero-order chi connectivity index (χ0) is 57.2. The predicted octanol–water partition coefficient (Wildman–Crippen LogP) is 12.5. The molecule has 0 N–H and O–H groups in total. The van der Waals surface area contributed by atoms with Crippen molar-refractivity contribution in [1.82, 2.24) is 4.98 Å². The first-order valence-corrected chi connectivity index (χ1v) is 29.0. The molecule has 0 spiro atoms. The number of carbonyl (C=O) groups excluding carboxylic acids is 6. The molecule has 2 aliphatic rings. The second-order valence-corrected chi connectivity index (χ2v) is 21.0. The van der Waals surface area contributed by atoms with E-state index in [1.54, 1.807) is 78.0 Å². The predicted molar refractivity (Wildman–Crippen MR) is 308 cm³/mol. The van der Waals surface area contributed by atoms with E-state index >= 15 is 0 Å². The highest BCUT2D eigenvalue weighted by Crippen LogP contribution is 2.36. The van der Waals surface area contributed by atoms with Gasteiger partial charge in [0.15, 0.2) is 0 Å². The third-order valence-corrected chi connectivity index (χ3v) is 15.0. The third-order valence-electron chi connectivity index (χ3n) is 14.0. The van der Waals surface area contributed by atoms with Crippen molar-refractivity contribution in [2.45, 2.75) is 116 Å². The van der Waals surface area contributed by atoms with E-state index in [0.717, 1.165) is 80.2 Å². The second-order valence-electron chi connectivity index (χ2n) is 20.0. The molecular weight excluding hydrogens is 1050 g/mol. The molecule has 1 aromatic heterocycles. The van der Waals surface area contributed by atoms with Crippen LogP contribution in [-0.2, 0) is 38.2 Å². The van der Waals surface area contributed by atoms with Crippen LogP contribution in [0.2, 0.25) is 0 Å². The van der Waals surface area contributed by atoms with Crippen LogP contribution in [0.4, 0.5) is 5.13 Å². The first kappa shape index (κ1) is 60.8. The van der Waals surface area contributed by atoms with Crippen LogP contribution in [0, 0.1) is 23.7 Å². The quantitative estimate of drug-likeness (QED) is 0.0101. The van der Waals surface area contributed by atoms with Crippen molar-refractivity contribution in [3.05, 3.63) is 122 Å². The number of unbranched alkanes of at least 4 members (excludes halogenated alkanes) is 6. The summed E-state index contributed by atoms with van der Waals surface area (Å²) < 4.78 is 46.2. The summed E-state index contributed by atoms with van der Waals surface area (Å²) in [5.74, 6) is -1.43. The van der Waals surface area contributed by atoms with Crippen LogP contribution in [-0.4, -0.2) is 80.0 Å². The number of rotatable bonds is 31. The van der Waals surface area contributed by atoms with Crippen LogP contribution in [0.15, 0.2) is 121 Å². The summed E-state index contributed by atoms with van der Waals surface area (Å²) in [7, 11) is 0. The summed E-state index contributed by atoms with van der Waals surface area (Å²) in [6, 6.07) is 26.5. The van der Waals surface area contributed by atoms with Gasteiger partial charge in [0, 0.05) is 24.3 Å². The zero-order valence-corrected chi connectivity index (χ0v) is 47.0. The molecule has 2 aliphatic carbocycles. The van der Waals surface area contributed by atoms with Crippen LogP contribution in [0.3, 0.4) is 0 Å². The van der Waals surface area contributed by atoms with Crippen LogP contribution in [0.25, 0.3) is 10.2 Å². The lowest BCUT2D eigenvalue weighted by atomic mass is 9.82. The molecule has 7 rings (SSSR count). The Balaban J connectivity index is 0.887. The number of hydrogen-bond donors (Lipinski definition) is 0. The number of hydrogen-bond acceptors (Lipinski definition) is 18. The maximum atomic E-state index is 13.9. The SMILES string of the molecule is C=CC(=O)OCCCCCCOc1ccc(OC(=O)C2CCC(C(=O)Oc3ccc(OC(=O)C4CCC(C(=O)Oc5ccc(OCCCCCCOC(=O)C=C)cc5)CC4)c(/C=N/N(CCC)c4nc5ccccc5s4)c3)CC2)cc1. The molecule has 1 heterocycles. The van der Waals surface area contributed by atoms with Gasteiger partial charge in [-0.1, -0.05) is 43.6 Å². The molecule has 2 saturated carbocycles. The second kappa shape index (κ2) is 32.4. The van der Waals surface area contributed by atoms with Crippen molar-refractivity contribution < 1.29 is 66.7 Å². The summed E-state index contributed by atoms with van der Waals surface area (Å²) in [5.41, 5.74) is 1.27. The van der Waals surface area contributed by atoms with Gasteiger partial charge in [-0.2, -0.15) is 5.10 Å². The Morgan fingerprint density at radius 1 is 0.543 bits per heavy atom. The van der Waals surface area contributed by atoms with Crippen molar-refractivity contribution >= 4 is 68.7 Å². The number of hydrazone groups is 1. The van der Waals surface area contributed by atoms with Gasteiger partial charge in [-0.3, -0.25) is 19.2 Å². The number of benzene rings is 4. The minimum Gasteiger partial charge on any atom is -0.494 e. The molecule has 4 aromatic carbocycles. The van der Waals surface area contributed by atoms with E-state index in [0.29, 0.717) is 118 Å². The van der Waals surface area contributed by atoms with Gasteiger partial charge in [0.25, 0.3) is 0 Å². The summed E-state index contributed by atoms with van der Waals surface area (Å²) in [5, 5.41) is 7.32. The molecule has 0 radical (unpaired) electrons. The maximum absolute atomic E-state index is 13.9. The fraction of sp³-hybridized carbons (Fsp3) is 0.429. The van der Waals surface area contributed by atoms with E-state index in [1.165, 1.54) is 11.3 Å². The van der Waals surface area contributed by atoms with Gasteiger partial charge in [0.05, 0.1) is 66.5 Å². The zero-order valence-electron chi connectivity index (χ0n) is 46.1. The molecule has 0 unspecified atom stereocenters. The Labute approximate surface area is 477 Å². The number of ether oxygens (including phenoxy) is 8. The van der Waals surface area contributed by atoms with Crippen molar-refractivity contribution in [3.63, 3.8) is 0 Å². The fourth-order valence-electron chi connectivity index (χ4n) is 9.39. The van der Waals surface area contributed by atoms with E-state index < -0.39 is 35.7 Å². The Kier molecular flexibility index (Phi) is 24.3. The van der Waals surface area contributed by atoms with Crippen molar-refractivity contribution in [1.29, 1.82) is 0 Å². The van der Waals surface area contributed by atoms with E-state index in [-0.39, 0.29) is 35.3 Å². The summed E-state index contributed by atoms with van der Waals surface area (Å²) >= 11 is 1.51. The van der Waals surface area contributed by atoms with Gasteiger partial charge in [-0.25, -0.2) is 19.6 Å². The van der Waals surface area contributed by atoms with Gasteiger partial charge in [0.1, 0.15) is 34.5 Å². The van der Waals surface area contributed by atoms with Crippen LogP contribution < -0.4 is 33.4 Å². The highest BCUT2D eigenvalue weighted by Gasteiger charge is 2.34. The maximum Gasteiger partial charge on any atom is 0.330 e. The van der Waals surface area contributed by atoms with Crippen molar-refractivity contribution in [2.75, 3.05) is 38.0 Å². The van der Waals surface area contributed by atoms with Crippen molar-refractivity contribution in [3.8, 4) is 34.5 Å². The molecule has 430 valence electrons. The smallest absolute Gasteiger partial charge is 0.330 e. The van der Waals surface area contributed by atoms with E-state index in [1.807, 2.05) is 31.2 Å². The summed E-state index contributed by atoms with van der Waals surface area (Å²) in [6.45, 7) is 11.2. The van der Waals surface area contributed by atoms with E-state index in [2.05, 4.69) is 13.2 Å². The van der Waals surface area contributed by atoms with E-state index in [9.17, 15) is 28.8 Å². The average Bonchev–Trinajstić information content (AvgIpc) is 3.93. The minimum absolute atomic E-state index is 0.233. The number of fused-ring (bicyclic) bond motifs is 1. The number of nitrogens with zero attached hydrogens (tertiary/aromatic N) is 3. The minimum atomic E-state index is -0.462. The molecule has 81 heavy (non-hydrogen) atoms. The molecule has 5 aromatic rings. The van der Waals surface area contributed by atoms with Crippen molar-refractivity contribution in [2.24, 2.45) is 28.8 Å². The third kappa shape index (κ3) is 19.7. The number of thiazole rings is 1. The summed E-state index contributed by atoms with van der Waals surface area (Å²) in [4.78, 5) is 81.1. The Hall–Kier alpha value is -7.86. The van der Waals surface area contributed by atoms with Crippen LogP contribution >= 0.6 is 11.3 Å². The van der Waals surface area contributed by atoms with Gasteiger partial charge in [-0.05, 0) is 188 Å². The van der Waals surface area contributed by atoms with Gasteiger partial charge in [0.2, 0.25) is 5.13 Å². The summed E-state index contributed by atoms with van der Waals surface area (Å²) in [6.07, 6.45) is 15.2. The lowest BCUT2D eigenvalue weighted by Crippen LogP contribution is -2.30. The molecule has 0 amide bonds. The first-order valence-electron chi connectivity index (χ1n) is 28.2. The molecule has 2 fully saturated rings. The van der Waals surface area contributed by atoms with Crippen LogP contribution in [0.1, 0.15) is 122 Å². The lowest BCUT2D eigenvalue weighted by Gasteiger charge is -2.26. The molecular formula is C63H73N3O14S. The Morgan fingerprint density at radius 3 is 1.42 bits per heavy atom. The van der Waals surface area contributed by atoms with Gasteiger partial charge in [-0.15, -0.1) is 0 Å². The monoisotopic (exact) mass is 1130 g/mol. The molecule has 18 heteroatoms. The fourth-order valence-corrected chi connectivity index (χ4v) is 10.3. The van der Waals surface area contributed by atoms with Gasteiger partial charge >= 0.3 is 35.8 Å². The van der Waals surface area contributed by atoms with E-state index in [4.69, 9.17) is 48.0 Å². The normalized spacial score (nSPS) is 16.9. The Bertz CT molecular complexity index is 2870. The largest absolute Gasteiger partial charge is 0.494 e. The standard InChI is InChI=1S/C63H73N3O14S/c1-4-37-66(63-65-54-17-11-12-18-56(54)81-63)64-43-48-42-53(79-61(71)46-21-19-44(20-22-46)59(69)77-51-31-27-49(28-32-51)73-38-13-7-9-15-40-75-57(67)5-2)35-36-55(48)80-62(72)47-25-23-45(24-26-47)60(70)78-52-33-29-50(30-34-52)74-39-14-8-10-16-41-76-58(68)6-3/h5-6,11-12,17-18,27-36,42-47H,2-4,7-10,13-16,19-26,37-41H2,1H3/b64-43+. The number of para-hydroxylation sites is 1.